The molecular formula is C15H22N2OS. The number of nitrogens with zero attached hydrogens (tertiary/aromatic N) is 1. The minimum absolute atomic E-state index is 0.0312. The van der Waals surface area contributed by atoms with Crippen LogP contribution in [0.25, 0.3) is 0 Å². The minimum atomic E-state index is -0.0312. The molecule has 0 radical (unpaired) electrons. The maximum Gasteiger partial charge on any atom is 0.239 e. The first kappa shape index (κ1) is 15.8. The van der Waals surface area contributed by atoms with Crippen molar-refractivity contribution in [1.29, 1.82) is 0 Å². The van der Waals surface area contributed by atoms with E-state index in [1.165, 1.54) is 11.8 Å². The number of allylic oxidation sites excluding steroid dienone is 4. The summed E-state index contributed by atoms with van der Waals surface area (Å²) >= 11 is 1.48. The molecule has 1 rings (SSSR count). The summed E-state index contributed by atoms with van der Waals surface area (Å²) in [5, 5.41) is 3.47. The van der Waals surface area contributed by atoms with E-state index >= 15 is 0 Å². The van der Waals surface area contributed by atoms with Gasteiger partial charge >= 0.3 is 0 Å². The van der Waals surface area contributed by atoms with Crippen LogP contribution >= 0.6 is 11.8 Å². The molecule has 1 unspecified atom stereocenters. The van der Waals surface area contributed by atoms with Crippen LogP contribution < -0.4 is 5.32 Å². The zero-order valence-electron chi connectivity index (χ0n) is 11.8. The van der Waals surface area contributed by atoms with E-state index in [1.54, 1.807) is 0 Å². The Morgan fingerprint density at radius 2 is 2.32 bits per heavy atom. The zero-order chi connectivity index (χ0) is 14.3. The van der Waals surface area contributed by atoms with Crippen LogP contribution in [0.3, 0.4) is 0 Å². The molecule has 4 heteroatoms. The van der Waals surface area contributed by atoms with E-state index in [2.05, 4.69) is 36.8 Å². The summed E-state index contributed by atoms with van der Waals surface area (Å²) in [5.74, 6) is 0.312. The molecule has 0 saturated carbocycles. The van der Waals surface area contributed by atoms with Crippen LogP contribution in [0.5, 0.6) is 0 Å². The first-order valence-electron chi connectivity index (χ1n) is 6.58. The Labute approximate surface area is 120 Å². The van der Waals surface area contributed by atoms with E-state index in [0.717, 1.165) is 17.2 Å². The Balaban J connectivity index is 2.43. The van der Waals surface area contributed by atoms with Crippen LogP contribution in [0, 0.1) is 5.92 Å². The monoisotopic (exact) mass is 278 g/mol. The van der Waals surface area contributed by atoms with Crippen molar-refractivity contribution >= 4 is 22.8 Å². The van der Waals surface area contributed by atoms with Crippen molar-refractivity contribution in [1.82, 2.24) is 5.32 Å². The van der Waals surface area contributed by atoms with Crippen LogP contribution in [-0.2, 0) is 4.79 Å². The summed E-state index contributed by atoms with van der Waals surface area (Å²) in [6.45, 7) is 10.8. The second-order valence-corrected chi connectivity index (χ2v) is 5.90. The van der Waals surface area contributed by atoms with Gasteiger partial charge in [-0.1, -0.05) is 62.1 Å². The van der Waals surface area contributed by atoms with Gasteiger partial charge in [-0.3, -0.25) is 9.79 Å². The quantitative estimate of drug-likeness (QED) is 0.757. The molecule has 0 spiro atoms. The standard InChI is InChI=1S/C15H22N2OS/c1-5-6-7-8-9-11(2)12(3)10-16-15-17-14(18)13(4)19-15/h6-9,12-13H,2,5,10H2,1,3-4H3,(H,16,17,18)/b7-6-,9-8-/t12?,13-/m0/s1. The van der Waals surface area contributed by atoms with Gasteiger partial charge in [-0.25, -0.2) is 0 Å². The zero-order valence-corrected chi connectivity index (χ0v) is 12.7. The molecule has 0 aromatic rings. The molecule has 0 bridgehead atoms. The lowest BCUT2D eigenvalue weighted by Gasteiger charge is -2.08. The maximum atomic E-state index is 11.3. The summed E-state index contributed by atoms with van der Waals surface area (Å²) in [7, 11) is 0. The third-order valence-electron chi connectivity index (χ3n) is 2.82. The van der Waals surface area contributed by atoms with Gasteiger partial charge in [0.2, 0.25) is 5.91 Å². The van der Waals surface area contributed by atoms with Gasteiger partial charge in [0.15, 0.2) is 5.17 Å². The number of thioether (sulfide) groups is 1. The number of carbonyl (C=O) groups is 1. The molecule has 3 nitrogen and oxygen atoms in total. The largest absolute Gasteiger partial charge is 0.304 e. The molecule has 1 N–H and O–H groups in total. The van der Waals surface area contributed by atoms with Gasteiger partial charge in [0, 0.05) is 12.5 Å². The summed E-state index contributed by atoms with van der Waals surface area (Å²) in [5.41, 5.74) is 1.05. The Hall–Kier alpha value is -1.29. The Kier molecular flexibility index (Phi) is 6.64. The fourth-order valence-corrected chi connectivity index (χ4v) is 2.24. The van der Waals surface area contributed by atoms with Gasteiger partial charge < -0.3 is 5.32 Å². The molecule has 1 aliphatic heterocycles. The second-order valence-electron chi connectivity index (χ2n) is 4.57. The average molecular weight is 278 g/mol. The van der Waals surface area contributed by atoms with Crippen molar-refractivity contribution in [2.45, 2.75) is 32.4 Å². The first-order valence-corrected chi connectivity index (χ1v) is 7.46. The predicted molar refractivity (Wildman–Crippen MR) is 84.4 cm³/mol. The second kappa shape index (κ2) is 8.00. The lowest BCUT2D eigenvalue weighted by Crippen LogP contribution is -2.23. The highest BCUT2D eigenvalue weighted by Gasteiger charge is 2.25. The number of amidine groups is 1. The van der Waals surface area contributed by atoms with Crippen LogP contribution in [0.15, 0.2) is 41.4 Å². The van der Waals surface area contributed by atoms with Crippen LogP contribution in [0.1, 0.15) is 27.2 Å². The van der Waals surface area contributed by atoms with Crippen molar-refractivity contribution in [2.24, 2.45) is 10.9 Å². The van der Waals surface area contributed by atoms with Crippen molar-refractivity contribution in [3.05, 3.63) is 36.5 Å². The van der Waals surface area contributed by atoms with E-state index in [4.69, 9.17) is 0 Å². The molecule has 104 valence electrons. The number of carbonyl (C=O) groups excluding carboxylic acids is 1. The SMILES string of the molecule is C=C(/C=C\C=C/CC)C(C)CN=C1NC(=O)[C@H](C)S1. The highest BCUT2D eigenvalue weighted by Crippen LogP contribution is 2.19. The highest BCUT2D eigenvalue weighted by molar-refractivity contribution is 8.15. The van der Waals surface area contributed by atoms with Crippen molar-refractivity contribution in [2.75, 3.05) is 6.54 Å². The van der Waals surface area contributed by atoms with Gasteiger partial charge in [-0.15, -0.1) is 0 Å². The van der Waals surface area contributed by atoms with Gasteiger partial charge in [-0.05, 0) is 13.3 Å². The average Bonchev–Trinajstić information content (AvgIpc) is 2.71. The number of aliphatic imine (C=N–C) groups is 1. The van der Waals surface area contributed by atoms with Crippen molar-refractivity contribution < 1.29 is 4.79 Å². The summed E-state index contributed by atoms with van der Waals surface area (Å²) in [4.78, 5) is 15.7. The Morgan fingerprint density at radius 1 is 1.58 bits per heavy atom. The molecule has 1 aliphatic rings. The number of hydrogen-bond donors (Lipinski definition) is 1. The van der Waals surface area contributed by atoms with E-state index in [9.17, 15) is 4.79 Å². The summed E-state index contributed by atoms with van der Waals surface area (Å²) in [6, 6.07) is 0. The van der Waals surface area contributed by atoms with Crippen LogP contribution in [-0.4, -0.2) is 22.9 Å². The van der Waals surface area contributed by atoms with Crippen LogP contribution in [0.4, 0.5) is 0 Å². The molecule has 1 amide bonds. The maximum absolute atomic E-state index is 11.3. The van der Waals surface area contributed by atoms with Gasteiger partial charge in [0.05, 0.1) is 5.25 Å². The molecule has 1 heterocycles. The Bertz CT molecular complexity index is 424. The fraction of sp³-hybridized carbons (Fsp3) is 0.467. The van der Waals surface area contributed by atoms with Crippen LogP contribution in [0.2, 0.25) is 0 Å². The number of amides is 1. The van der Waals surface area contributed by atoms with E-state index in [-0.39, 0.29) is 17.1 Å². The molecule has 2 atom stereocenters. The van der Waals surface area contributed by atoms with Crippen molar-refractivity contribution in [3.8, 4) is 0 Å². The molecule has 0 aromatic heterocycles. The summed E-state index contributed by atoms with van der Waals surface area (Å²) in [6.07, 6.45) is 9.18. The summed E-state index contributed by atoms with van der Waals surface area (Å²) < 4.78 is 0. The highest BCUT2D eigenvalue weighted by atomic mass is 32.2. The minimum Gasteiger partial charge on any atom is -0.304 e. The van der Waals surface area contributed by atoms with Gasteiger partial charge in [0.1, 0.15) is 0 Å². The number of rotatable bonds is 6. The van der Waals surface area contributed by atoms with Gasteiger partial charge in [-0.2, -0.15) is 0 Å². The topological polar surface area (TPSA) is 41.5 Å². The molecule has 1 fully saturated rings. The third-order valence-corrected chi connectivity index (χ3v) is 3.84. The van der Waals surface area contributed by atoms with E-state index < -0.39 is 0 Å². The van der Waals surface area contributed by atoms with E-state index in [0.29, 0.717) is 6.54 Å². The number of hydrogen-bond acceptors (Lipinski definition) is 3. The first-order chi connectivity index (χ1) is 9.04. The fourth-order valence-electron chi connectivity index (χ4n) is 1.43. The molecule has 1 saturated heterocycles. The van der Waals surface area contributed by atoms with Gasteiger partial charge in [0.25, 0.3) is 0 Å². The molecule has 0 aromatic carbocycles. The molecule has 0 aliphatic carbocycles. The predicted octanol–water partition coefficient (Wildman–Crippen LogP) is 3.31. The Morgan fingerprint density at radius 3 is 2.89 bits per heavy atom. The van der Waals surface area contributed by atoms with Crippen molar-refractivity contribution in [3.63, 3.8) is 0 Å². The molecular weight excluding hydrogens is 256 g/mol. The normalized spacial score (nSPS) is 23.4. The molecule has 19 heavy (non-hydrogen) atoms. The lowest BCUT2D eigenvalue weighted by atomic mass is 10.0. The number of nitrogens with one attached hydrogen (secondary N) is 1. The van der Waals surface area contributed by atoms with E-state index in [1.807, 2.05) is 25.2 Å². The lowest BCUT2D eigenvalue weighted by molar-refractivity contribution is -0.118. The third kappa shape index (κ3) is 5.47. The smallest absolute Gasteiger partial charge is 0.239 e.